The molecule has 6 heteroatoms. The Morgan fingerprint density at radius 1 is 1.41 bits per heavy atom. The van der Waals surface area contributed by atoms with E-state index in [9.17, 15) is 9.18 Å². The maximum absolute atomic E-state index is 12.9. The molecule has 5 nitrogen and oxygen atoms in total. The standard InChI is InChI=1S/C11H9FN2O3/c1-16-9-10(15)13-6-14-11(9)17-8-4-2-3-7(12)5-8/h2-6H,1H3,(H,13,14,15). The third-order valence-corrected chi connectivity index (χ3v) is 1.99. The van der Waals surface area contributed by atoms with E-state index in [1.807, 2.05) is 0 Å². The molecule has 88 valence electrons. The van der Waals surface area contributed by atoms with Crippen molar-refractivity contribution in [2.75, 3.05) is 7.11 Å². The fourth-order valence-corrected chi connectivity index (χ4v) is 1.27. The van der Waals surface area contributed by atoms with Gasteiger partial charge in [-0.3, -0.25) is 4.79 Å². The minimum Gasteiger partial charge on any atom is -0.487 e. The summed E-state index contributed by atoms with van der Waals surface area (Å²) in [6.45, 7) is 0. The lowest BCUT2D eigenvalue weighted by Gasteiger charge is -2.07. The van der Waals surface area contributed by atoms with Crippen LogP contribution in [0.2, 0.25) is 0 Å². The van der Waals surface area contributed by atoms with Gasteiger partial charge < -0.3 is 14.5 Å². The molecular weight excluding hydrogens is 227 g/mol. The number of nitrogens with one attached hydrogen (secondary N) is 1. The molecule has 1 aromatic carbocycles. The fourth-order valence-electron chi connectivity index (χ4n) is 1.27. The van der Waals surface area contributed by atoms with E-state index in [2.05, 4.69) is 9.97 Å². The maximum Gasteiger partial charge on any atom is 0.297 e. The molecule has 0 saturated carbocycles. The van der Waals surface area contributed by atoms with Gasteiger partial charge in [0.15, 0.2) is 0 Å². The highest BCUT2D eigenvalue weighted by Gasteiger charge is 2.11. The van der Waals surface area contributed by atoms with Crippen LogP contribution in [-0.2, 0) is 0 Å². The van der Waals surface area contributed by atoms with Gasteiger partial charge >= 0.3 is 0 Å². The minimum absolute atomic E-state index is 0.0122. The Morgan fingerprint density at radius 3 is 2.94 bits per heavy atom. The summed E-state index contributed by atoms with van der Waals surface area (Å²) < 4.78 is 23.1. The van der Waals surface area contributed by atoms with Crippen LogP contribution in [-0.4, -0.2) is 17.1 Å². The molecule has 0 bridgehead atoms. The van der Waals surface area contributed by atoms with E-state index in [1.54, 1.807) is 6.07 Å². The molecule has 0 atom stereocenters. The monoisotopic (exact) mass is 236 g/mol. The van der Waals surface area contributed by atoms with Crippen molar-refractivity contribution in [3.63, 3.8) is 0 Å². The van der Waals surface area contributed by atoms with Crippen LogP contribution in [0, 0.1) is 5.82 Å². The van der Waals surface area contributed by atoms with E-state index in [1.165, 1.54) is 31.6 Å². The Morgan fingerprint density at radius 2 is 2.24 bits per heavy atom. The summed E-state index contributed by atoms with van der Waals surface area (Å²) >= 11 is 0. The second kappa shape index (κ2) is 4.65. The highest BCUT2D eigenvalue weighted by Crippen LogP contribution is 2.25. The number of hydrogen-bond donors (Lipinski definition) is 1. The van der Waals surface area contributed by atoms with E-state index in [0.717, 1.165) is 0 Å². The van der Waals surface area contributed by atoms with Crippen molar-refractivity contribution in [3.8, 4) is 17.4 Å². The number of benzene rings is 1. The second-order valence-electron chi connectivity index (χ2n) is 3.13. The molecule has 2 aromatic rings. The number of ether oxygens (including phenoxy) is 2. The van der Waals surface area contributed by atoms with Gasteiger partial charge in [0.1, 0.15) is 11.6 Å². The van der Waals surface area contributed by atoms with Gasteiger partial charge in [-0.25, -0.2) is 9.37 Å². The lowest BCUT2D eigenvalue weighted by Crippen LogP contribution is -2.10. The molecule has 1 aromatic heterocycles. The van der Waals surface area contributed by atoms with Crippen molar-refractivity contribution in [2.24, 2.45) is 0 Å². The molecule has 0 unspecified atom stereocenters. The molecule has 0 amide bonds. The van der Waals surface area contributed by atoms with Crippen molar-refractivity contribution in [3.05, 3.63) is 46.8 Å². The Balaban J connectivity index is 2.36. The zero-order chi connectivity index (χ0) is 12.3. The first kappa shape index (κ1) is 11.1. The average Bonchev–Trinajstić information content (AvgIpc) is 2.29. The van der Waals surface area contributed by atoms with Crippen LogP contribution < -0.4 is 15.0 Å². The first-order chi connectivity index (χ1) is 8.20. The molecule has 17 heavy (non-hydrogen) atoms. The SMILES string of the molecule is COc1c(Oc2cccc(F)c2)nc[nH]c1=O. The normalized spacial score (nSPS) is 10.0. The summed E-state index contributed by atoms with van der Waals surface area (Å²) in [6, 6.07) is 5.51. The quantitative estimate of drug-likeness (QED) is 0.881. The molecule has 0 aliphatic heterocycles. The van der Waals surface area contributed by atoms with Gasteiger partial charge in [0.25, 0.3) is 11.4 Å². The number of hydrogen-bond acceptors (Lipinski definition) is 4. The van der Waals surface area contributed by atoms with Crippen LogP contribution in [0.3, 0.4) is 0 Å². The van der Waals surface area contributed by atoms with Gasteiger partial charge in [0, 0.05) is 6.07 Å². The van der Waals surface area contributed by atoms with E-state index in [0.29, 0.717) is 0 Å². The first-order valence-corrected chi connectivity index (χ1v) is 4.76. The van der Waals surface area contributed by atoms with Crippen molar-refractivity contribution in [1.82, 2.24) is 9.97 Å². The van der Waals surface area contributed by atoms with E-state index >= 15 is 0 Å². The molecule has 0 aliphatic rings. The Bertz CT molecular complexity index is 583. The first-order valence-electron chi connectivity index (χ1n) is 4.76. The third kappa shape index (κ3) is 2.41. The fraction of sp³-hybridized carbons (Fsp3) is 0.0909. The summed E-state index contributed by atoms with van der Waals surface area (Å²) in [7, 11) is 1.32. The van der Waals surface area contributed by atoms with Gasteiger partial charge in [0.2, 0.25) is 5.75 Å². The summed E-state index contributed by atoms with van der Waals surface area (Å²) in [4.78, 5) is 17.5. The predicted molar refractivity (Wildman–Crippen MR) is 57.9 cm³/mol. The van der Waals surface area contributed by atoms with Crippen molar-refractivity contribution < 1.29 is 13.9 Å². The number of H-pyrrole nitrogens is 1. The van der Waals surface area contributed by atoms with Gasteiger partial charge in [0.05, 0.1) is 13.4 Å². The number of methoxy groups -OCH3 is 1. The molecule has 0 fully saturated rings. The Hall–Kier alpha value is -2.37. The van der Waals surface area contributed by atoms with E-state index in [-0.39, 0.29) is 17.4 Å². The van der Waals surface area contributed by atoms with Crippen LogP contribution in [0.1, 0.15) is 0 Å². The summed E-state index contributed by atoms with van der Waals surface area (Å²) in [5.41, 5.74) is -0.464. The predicted octanol–water partition coefficient (Wildman–Crippen LogP) is 1.71. The van der Waals surface area contributed by atoms with Crippen molar-refractivity contribution in [1.29, 1.82) is 0 Å². The van der Waals surface area contributed by atoms with Crippen LogP contribution in [0.15, 0.2) is 35.4 Å². The molecule has 0 spiro atoms. The lowest BCUT2D eigenvalue weighted by molar-refractivity contribution is 0.362. The maximum atomic E-state index is 12.9. The largest absolute Gasteiger partial charge is 0.487 e. The third-order valence-electron chi connectivity index (χ3n) is 1.99. The van der Waals surface area contributed by atoms with Crippen LogP contribution in [0.25, 0.3) is 0 Å². The number of aromatic nitrogens is 2. The van der Waals surface area contributed by atoms with Gasteiger partial charge in [-0.1, -0.05) is 6.07 Å². The molecule has 1 heterocycles. The van der Waals surface area contributed by atoms with Crippen molar-refractivity contribution in [2.45, 2.75) is 0 Å². The molecule has 2 rings (SSSR count). The molecule has 0 aliphatic carbocycles. The van der Waals surface area contributed by atoms with Gasteiger partial charge in [-0.15, -0.1) is 0 Å². The minimum atomic E-state index is -0.464. The number of aromatic amines is 1. The highest BCUT2D eigenvalue weighted by atomic mass is 19.1. The van der Waals surface area contributed by atoms with E-state index in [4.69, 9.17) is 9.47 Å². The van der Waals surface area contributed by atoms with E-state index < -0.39 is 11.4 Å². The highest BCUT2D eigenvalue weighted by molar-refractivity contribution is 5.35. The number of halogens is 1. The number of rotatable bonds is 3. The molecule has 1 N–H and O–H groups in total. The average molecular weight is 236 g/mol. The smallest absolute Gasteiger partial charge is 0.297 e. The second-order valence-corrected chi connectivity index (χ2v) is 3.13. The topological polar surface area (TPSA) is 64.2 Å². The zero-order valence-electron chi connectivity index (χ0n) is 8.94. The summed E-state index contributed by atoms with van der Waals surface area (Å²) in [5.74, 6) is -0.272. The van der Waals surface area contributed by atoms with Gasteiger partial charge in [-0.05, 0) is 12.1 Å². The van der Waals surface area contributed by atoms with Crippen molar-refractivity contribution >= 4 is 0 Å². The van der Waals surface area contributed by atoms with Gasteiger partial charge in [-0.2, -0.15) is 0 Å². The Kier molecular flexibility index (Phi) is 3.04. The molecule has 0 radical (unpaired) electrons. The molecule has 0 saturated heterocycles. The summed E-state index contributed by atoms with van der Waals surface area (Å²) in [5, 5.41) is 0. The van der Waals surface area contributed by atoms with Crippen LogP contribution in [0.5, 0.6) is 17.4 Å². The lowest BCUT2D eigenvalue weighted by atomic mass is 10.3. The number of nitrogens with zero attached hydrogens (tertiary/aromatic N) is 1. The summed E-state index contributed by atoms with van der Waals surface area (Å²) in [6.07, 6.45) is 1.18. The molecular formula is C11H9FN2O3. The zero-order valence-corrected chi connectivity index (χ0v) is 8.94. The van der Waals surface area contributed by atoms with Crippen LogP contribution in [0.4, 0.5) is 4.39 Å². The Labute approximate surface area is 95.8 Å². The van der Waals surface area contributed by atoms with Crippen LogP contribution >= 0.6 is 0 Å².